The van der Waals surface area contributed by atoms with Crippen molar-refractivity contribution >= 4 is 11.7 Å². The number of benzene rings is 1. The normalized spacial score (nSPS) is 10.0. The van der Waals surface area contributed by atoms with Gasteiger partial charge in [-0.1, -0.05) is 24.6 Å². The predicted octanol–water partition coefficient (Wildman–Crippen LogP) is 3.66. The Morgan fingerprint density at radius 3 is 2.74 bits per heavy atom. The number of anilines is 1. The first kappa shape index (κ1) is 15.3. The van der Waals surface area contributed by atoms with Gasteiger partial charge in [-0.2, -0.15) is 0 Å². The average molecular weight is 261 g/mol. The predicted molar refractivity (Wildman–Crippen MR) is 79.7 cm³/mol. The first-order valence-electron chi connectivity index (χ1n) is 6.70. The molecule has 3 nitrogen and oxygen atoms in total. The molecule has 0 spiro atoms. The van der Waals surface area contributed by atoms with E-state index >= 15 is 0 Å². The van der Waals surface area contributed by atoms with Crippen LogP contribution < -0.4 is 4.90 Å². The van der Waals surface area contributed by atoms with E-state index in [2.05, 4.69) is 11.5 Å². The third-order valence-corrected chi connectivity index (χ3v) is 3.12. The van der Waals surface area contributed by atoms with Gasteiger partial charge in [0.25, 0.3) is 0 Å². The number of carbonyl (C=O) groups excluding carboxylic acids is 1. The Kier molecular flexibility index (Phi) is 6.72. The van der Waals surface area contributed by atoms with Crippen LogP contribution in [0.3, 0.4) is 0 Å². The van der Waals surface area contributed by atoms with Crippen molar-refractivity contribution in [3.05, 3.63) is 42.5 Å². The molecular weight excluding hydrogens is 238 g/mol. The molecule has 0 radical (unpaired) electrons. The first-order chi connectivity index (χ1) is 9.20. The monoisotopic (exact) mass is 261 g/mol. The maximum absolute atomic E-state index is 11.7. The highest BCUT2D eigenvalue weighted by molar-refractivity contribution is 5.95. The van der Waals surface area contributed by atoms with Crippen LogP contribution in [0.4, 0.5) is 5.69 Å². The van der Waals surface area contributed by atoms with Crippen LogP contribution in [0.2, 0.25) is 0 Å². The topological polar surface area (TPSA) is 29.5 Å². The van der Waals surface area contributed by atoms with Crippen molar-refractivity contribution in [1.82, 2.24) is 0 Å². The zero-order valence-electron chi connectivity index (χ0n) is 11.9. The fourth-order valence-corrected chi connectivity index (χ4v) is 2.02. The van der Waals surface area contributed by atoms with Gasteiger partial charge in [-0.05, 0) is 31.4 Å². The summed E-state index contributed by atoms with van der Waals surface area (Å²) in [6.07, 6.45) is 6.49. The van der Waals surface area contributed by atoms with Crippen LogP contribution >= 0.6 is 0 Å². The Bertz CT molecular complexity index is 415. The van der Waals surface area contributed by atoms with E-state index in [4.69, 9.17) is 4.74 Å². The van der Waals surface area contributed by atoms with Gasteiger partial charge in [0.2, 0.25) is 0 Å². The molecule has 0 fully saturated rings. The van der Waals surface area contributed by atoms with Crippen molar-refractivity contribution in [2.45, 2.75) is 25.7 Å². The number of allylic oxidation sites excluding steroid dienone is 1. The van der Waals surface area contributed by atoms with E-state index < -0.39 is 0 Å². The molecule has 104 valence electrons. The molecule has 1 aromatic rings. The van der Waals surface area contributed by atoms with Gasteiger partial charge in [0.1, 0.15) is 0 Å². The number of methoxy groups -OCH3 is 1. The van der Waals surface area contributed by atoms with Gasteiger partial charge >= 0.3 is 5.97 Å². The average Bonchev–Trinajstić information content (AvgIpc) is 2.46. The highest BCUT2D eigenvalue weighted by Gasteiger charge is 2.13. The van der Waals surface area contributed by atoms with Crippen LogP contribution in [-0.4, -0.2) is 26.7 Å². The Hall–Kier alpha value is -1.77. The lowest BCUT2D eigenvalue weighted by Gasteiger charge is -2.21. The minimum Gasteiger partial charge on any atom is -0.465 e. The van der Waals surface area contributed by atoms with Crippen molar-refractivity contribution in [2.75, 3.05) is 25.6 Å². The van der Waals surface area contributed by atoms with Gasteiger partial charge in [-0.25, -0.2) is 4.79 Å². The molecule has 0 bridgehead atoms. The Balaban J connectivity index is 2.58. The Morgan fingerprint density at radius 2 is 2.05 bits per heavy atom. The molecule has 1 aromatic carbocycles. The smallest absolute Gasteiger partial charge is 0.339 e. The minimum absolute atomic E-state index is 0.283. The summed E-state index contributed by atoms with van der Waals surface area (Å²) >= 11 is 0. The lowest BCUT2D eigenvalue weighted by atomic mass is 10.1. The van der Waals surface area contributed by atoms with E-state index in [-0.39, 0.29) is 5.97 Å². The molecule has 0 aliphatic carbocycles. The van der Waals surface area contributed by atoms with E-state index in [1.807, 2.05) is 31.3 Å². The van der Waals surface area contributed by atoms with E-state index in [1.54, 1.807) is 6.07 Å². The summed E-state index contributed by atoms with van der Waals surface area (Å²) in [6.45, 7) is 4.66. The molecule has 0 atom stereocenters. The Morgan fingerprint density at radius 1 is 1.32 bits per heavy atom. The number of ether oxygens (including phenoxy) is 1. The molecule has 1 rings (SSSR count). The number of hydrogen-bond acceptors (Lipinski definition) is 3. The molecule has 0 N–H and O–H groups in total. The lowest BCUT2D eigenvalue weighted by Crippen LogP contribution is -2.21. The third kappa shape index (κ3) is 4.78. The summed E-state index contributed by atoms with van der Waals surface area (Å²) in [7, 11) is 3.42. The number of rotatable bonds is 8. The number of hydrogen-bond donors (Lipinski definition) is 0. The molecule has 19 heavy (non-hydrogen) atoms. The fourth-order valence-electron chi connectivity index (χ4n) is 2.02. The summed E-state index contributed by atoms with van der Waals surface area (Å²) in [4.78, 5) is 13.8. The first-order valence-corrected chi connectivity index (χ1v) is 6.70. The second-order valence-electron chi connectivity index (χ2n) is 4.57. The van der Waals surface area contributed by atoms with Gasteiger partial charge in [-0.15, -0.1) is 6.58 Å². The van der Waals surface area contributed by atoms with Crippen LogP contribution in [0.5, 0.6) is 0 Å². The summed E-state index contributed by atoms with van der Waals surface area (Å²) in [5, 5.41) is 0. The molecule has 0 saturated heterocycles. The maximum atomic E-state index is 11.7. The van der Waals surface area contributed by atoms with E-state index in [1.165, 1.54) is 20.0 Å². The third-order valence-electron chi connectivity index (χ3n) is 3.12. The molecular formula is C16H23NO2. The zero-order valence-corrected chi connectivity index (χ0v) is 11.9. The van der Waals surface area contributed by atoms with Crippen molar-refractivity contribution in [2.24, 2.45) is 0 Å². The zero-order chi connectivity index (χ0) is 14.1. The van der Waals surface area contributed by atoms with Gasteiger partial charge in [0.15, 0.2) is 0 Å². The van der Waals surface area contributed by atoms with Crippen LogP contribution in [0, 0.1) is 0 Å². The van der Waals surface area contributed by atoms with Gasteiger partial charge in [0, 0.05) is 13.6 Å². The minimum atomic E-state index is -0.283. The molecule has 0 aromatic heterocycles. The molecule has 0 amide bonds. The number of esters is 1. The van der Waals surface area contributed by atoms with Crippen molar-refractivity contribution in [3.63, 3.8) is 0 Å². The van der Waals surface area contributed by atoms with Gasteiger partial charge in [-0.3, -0.25) is 0 Å². The maximum Gasteiger partial charge on any atom is 0.339 e. The highest BCUT2D eigenvalue weighted by atomic mass is 16.5. The van der Waals surface area contributed by atoms with E-state index in [0.717, 1.165) is 25.1 Å². The highest BCUT2D eigenvalue weighted by Crippen LogP contribution is 2.20. The molecule has 0 heterocycles. The molecule has 3 heteroatoms. The fraction of sp³-hybridized carbons (Fsp3) is 0.438. The van der Waals surface area contributed by atoms with E-state index in [9.17, 15) is 4.79 Å². The standard InChI is InChI=1S/C16H23NO2/c1-4-5-6-7-10-13-17(2)15-12-9-8-11-14(15)16(18)19-3/h4,8-9,11-12H,1,5-7,10,13H2,2-3H3. The second-order valence-corrected chi connectivity index (χ2v) is 4.57. The summed E-state index contributed by atoms with van der Waals surface area (Å²) in [5.74, 6) is -0.283. The molecule has 0 aliphatic rings. The van der Waals surface area contributed by atoms with Gasteiger partial charge < -0.3 is 9.64 Å². The lowest BCUT2D eigenvalue weighted by molar-refractivity contribution is 0.0601. The quantitative estimate of drug-likeness (QED) is 0.406. The van der Waals surface area contributed by atoms with Gasteiger partial charge in [0.05, 0.1) is 18.4 Å². The summed E-state index contributed by atoms with van der Waals surface area (Å²) in [5.41, 5.74) is 1.55. The van der Waals surface area contributed by atoms with Crippen molar-refractivity contribution in [1.29, 1.82) is 0 Å². The van der Waals surface area contributed by atoms with E-state index in [0.29, 0.717) is 5.56 Å². The van der Waals surface area contributed by atoms with Crippen molar-refractivity contribution < 1.29 is 9.53 Å². The molecule has 0 unspecified atom stereocenters. The number of para-hydroxylation sites is 1. The second kappa shape index (κ2) is 8.35. The Labute approximate surface area is 115 Å². The number of carbonyl (C=O) groups is 1. The largest absolute Gasteiger partial charge is 0.465 e. The van der Waals surface area contributed by atoms with Crippen LogP contribution in [0.15, 0.2) is 36.9 Å². The molecule has 0 aliphatic heterocycles. The SMILES string of the molecule is C=CCCCCCN(C)c1ccccc1C(=O)OC. The van der Waals surface area contributed by atoms with Crippen LogP contribution in [0.1, 0.15) is 36.0 Å². The van der Waals surface area contributed by atoms with Crippen molar-refractivity contribution in [3.8, 4) is 0 Å². The number of nitrogens with zero attached hydrogens (tertiary/aromatic N) is 1. The summed E-state index contributed by atoms with van der Waals surface area (Å²) < 4.78 is 4.81. The number of unbranched alkanes of at least 4 members (excludes halogenated alkanes) is 3. The van der Waals surface area contributed by atoms with Crippen LogP contribution in [0.25, 0.3) is 0 Å². The summed E-state index contributed by atoms with van der Waals surface area (Å²) in [6, 6.07) is 7.55. The van der Waals surface area contributed by atoms with Crippen LogP contribution in [-0.2, 0) is 4.74 Å². The molecule has 0 saturated carbocycles.